The highest BCUT2D eigenvalue weighted by molar-refractivity contribution is 5.83. The van der Waals surface area contributed by atoms with Crippen LogP contribution in [-0.2, 0) is 26.1 Å². The molecular formula is C12H18N2O3. The van der Waals surface area contributed by atoms with Gasteiger partial charge >= 0.3 is 5.97 Å². The van der Waals surface area contributed by atoms with E-state index in [0.29, 0.717) is 25.0 Å². The van der Waals surface area contributed by atoms with E-state index < -0.39 is 5.41 Å². The van der Waals surface area contributed by atoms with Gasteiger partial charge in [0, 0.05) is 11.9 Å². The smallest absolute Gasteiger partial charge is 0.324 e. The van der Waals surface area contributed by atoms with E-state index in [9.17, 15) is 4.79 Å². The number of nitrogens with one attached hydrogen (secondary N) is 1. The number of ether oxygens (including phenoxy) is 2. The molecule has 0 saturated carbocycles. The number of esters is 1. The molecule has 2 heterocycles. The van der Waals surface area contributed by atoms with E-state index in [4.69, 9.17) is 9.47 Å². The van der Waals surface area contributed by atoms with Crippen LogP contribution in [0.5, 0.6) is 0 Å². The van der Waals surface area contributed by atoms with Crippen molar-refractivity contribution in [3.63, 3.8) is 0 Å². The molecule has 0 bridgehead atoms. The van der Waals surface area contributed by atoms with Gasteiger partial charge in [0.25, 0.3) is 0 Å². The van der Waals surface area contributed by atoms with Gasteiger partial charge in [-0.3, -0.25) is 4.79 Å². The van der Waals surface area contributed by atoms with Gasteiger partial charge in [-0.25, -0.2) is 4.98 Å². The minimum atomic E-state index is -0.718. The summed E-state index contributed by atoms with van der Waals surface area (Å²) >= 11 is 0. The van der Waals surface area contributed by atoms with Gasteiger partial charge in [-0.15, -0.1) is 0 Å². The lowest BCUT2D eigenvalue weighted by molar-refractivity contribution is -0.167. The van der Waals surface area contributed by atoms with Crippen molar-refractivity contribution in [2.75, 3.05) is 20.3 Å². The first-order valence-corrected chi connectivity index (χ1v) is 5.79. The molecule has 1 aromatic rings. The van der Waals surface area contributed by atoms with Crippen LogP contribution in [0, 0.1) is 5.92 Å². The summed E-state index contributed by atoms with van der Waals surface area (Å²) in [5.41, 5.74) is 0.328. The van der Waals surface area contributed by atoms with Gasteiger partial charge in [-0.05, 0) is 12.3 Å². The first-order valence-electron chi connectivity index (χ1n) is 5.79. The highest BCUT2D eigenvalue weighted by Crippen LogP contribution is 2.31. The number of hydrogen-bond donors (Lipinski definition) is 1. The van der Waals surface area contributed by atoms with E-state index >= 15 is 0 Å². The van der Waals surface area contributed by atoms with Crippen LogP contribution < -0.4 is 0 Å². The molecule has 5 nitrogen and oxygen atoms in total. The van der Waals surface area contributed by atoms with Crippen LogP contribution >= 0.6 is 0 Å². The Morgan fingerprint density at radius 3 is 2.82 bits per heavy atom. The van der Waals surface area contributed by atoms with Crippen molar-refractivity contribution in [1.29, 1.82) is 0 Å². The molecule has 0 atom stereocenters. The normalized spacial score (nSPS) is 17.9. The standard InChI is InChI=1S/C12H18N2O3/c1-8(2)4-9-5-13-10(14-9)12(6-17-7-12)11(15)16-3/h5,8H,4,6-7H2,1-3H3,(H,13,14). The molecule has 0 unspecified atom stereocenters. The van der Waals surface area contributed by atoms with E-state index in [0.717, 1.165) is 12.1 Å². The summed E-state index contributed by atoms with van der Waals surface area (Å²) in [6, 6.07) is 0. The number of H-pyrrole nitrogens is 1. The van der Waals surface area contributed by atoms with E-state index in [2.05, 4.69) is 23.8 Å². The van der Waals surface area contributed by atoms with E-state index in [1.807, 2.05) is 0 Å². The third-order valence-electron chi connectivity index (χ3n) is 2.98. The van der Waals surface area contributed by atoms with Crippen LogP contribution in [0.2, 0.25) is 0 Å². The molecular weight excluding hydrogens is 220 g/mol. The molecule has 1 fully saturated rings. The molecule has 1 aliphatic rings. The zero-order valence-corrected chi connectivity index (χ0v) is 10.4. The number of carbonyl (C=O) groups excluding carboxylic acids is 1. The average Bonchev–Trinajstić information content (AvgIpc) is 2.63. The molecule has 1 N–H and O–H groups in total. The summed E-state index contributed by atoms with van der Waals surface area (Å²) in [6.45, 7) is 4.97. The molecule has 1 aliphatic heterocycles. The Labute approximate surface area is 101 Å². The molecule has 1 saturated heterocycles. The fourth-order valence-electron chi connectivity index (χ4n) is 2.00. The summed E-state index contributed by atoms with van der Waals surface area (Å²) < 4.78 is 9.97. The van der Waals surface area contributed by atoms with Crippen molar-refractivity contribution in [3.8, 4) is 0 Å². The lowest BCUT2D eigenvalue weighted by Crippen LogP contribution is -2.54. The van der Waals surface area contributed by atoms with Gasteiger partial charge in [-0.1, -0.05) is 13.8 Å². The van der Waals surface area contributed by atoms with Crippen molar-refractivity contribution < 1.29 is 14.3 Å². The van der Waals surface area contributed by atoms with Crippen LogP contribution in [0.15, 0.2) is 6.20 Å². The first kappa shape index (κ1) is 12.1. The average molecular weight is 238 g/mol. The van der Waals surface area contributed by atoms with Crippen LogP contribution in [0.25, 0.3) is 0 Å². The Bertz CT molecular complexity index is 408. The molecule has 5 heteroatoms. The van der Waals surface area contributed by atoms with Gasteiger partial charge < -0.3 is 14.5 Å². The number of methoxy groups -OCH3 is 1. The lowest BCUT2D eigenvalue weighted by atomic mass is 9.85. The topological polar surface area (TPSA) is 64.2 Å². The molecule has 17 heavy (non-hydrogen) atoms. The Kier molecular flexibility index (Phi) is 3.19. The summed E-state index contributed by atoms with van der Waals surface area (Å²) in [5, 5.41) is 0. The number of rotatable bonds is 4. The van der Waals surface area contributed by atoms with E-state index in [-0.39, 0.29) is 5.97 Å². The maximum atomic E-state index is 11.8. The lowest BCUT2D eigenvalue weighted by Gasteiger charge is -2.36. The maximum absolute atomic E-state index is 11.8. The fraction of sp³-hybridized carbons (Fsp3) is 0.667. The van der Waals surface area contributed by atoms with Gasteiger partial charge in [0.05, 0.1) is 20.3 Å². The summed E-state index contributed by atoms with van der Waals surface area (Å²) in [5.74, 6) is 0.926. The Morgan fingerprint density at radius 1 is 1.65 bits per heavy atom. The monoisotopic (exact) mass is 238 g/mol. The zero-order valence-electron chi connectivity index (χ0n) is 10.4. The highest BCUT2D eigenvalue weighted by atomic mass is 16.5. The quantitative estimate of drug-likeness (QED) is 0.796. The number of hydrogen-bond acceptors (Lipinski definition) is 4. The molecule has 2 rings (SSSR count). The summed E-state index contributed by atoms with van der Waals surface area (Å²) in [6.07, 6.45) is 2.71. The Hall–Kier alpha value is -1.36. The van der Waals surface area contributed by atoms with Gasteiger partial charge in [0.1, 0.15) is 5.82 Å². The number of nitrogens with zero attached hydrogens (tertiary/aromatic N) is 1. The molecule has 0 spiro atoms. The number of imidazole rings is 1. The second kappa shape index (κ2) is 4.49. The van der Waals surface area contributed by atoms with E-state index in [1.54, 1.807) is 6.20 Å². The molecule has 0 aliphatic carbocycles. The number of aromatic amines is 1. The SMILES string of the molecule is COC(=O)C1(c2ncc(CC(C)C)[nH]2)COC1. The molecule has 0 aromatic carbocycles. The van der Waals surface area contributed by atoms with Gasteiger partial charge in [0.2, 0.25) is 0 Å². The van der Waals surface area contributed by atoms with Crippen molar-refractivity contribution in [1.82, 2.24) is 9.97 Å². The number of aromatic nitrogens is 2. The Morgan fingerprint density at radius 2 is 2.35 bits per heavy atom. The fourth-order valence-corrected chi connectivity index (χ4v) is 2.00. The minimum Gasteiger partial charge on any atom is -0.468 e. The largest absolute Gasteiger partial charge is 0.468 e. The van der Waals surface area contributed by atoms with Crippen molar-refractivity contribution in [3.05, 3.63) is 17.7 Å². The van der Waals surface area contributed by atoms with Crippen LogP contribution in [-0.4, -0.2) is 36.3 Å². The number of carbonyl (C=O) groups is 1. The second-order valence-corrected chi connectivity index (χ2v) is 4.92. The maximum Gasteiger partial charge on any atom is 0.324 e. The summed E-state index contributed by atoms with van der Waals surface area (Å²) in [4.78, 5) is 19.3. The third-order valence-corrected chi connectivity index (χ3v) is 2.98. The predicted molar refractivity (Wildman–Crippen MR) is 61.6 cm³/mol. The second-order valence-electron chi connectivity index (χ2n) is 4.92. The molecule has 0 amide bonds. The van der Waals surface area contributed by atoms with Gasteiger partial charge in [-0.2, -0.15) is 0 Å². The highest BCUT2D eigenvalue weighted by Gasteiger charge is 2.51. The van der Waals surface area contributed by atoms with Crippen LogP contribution in [0.3, 0.4) is 0 Å². The molecule has 0 radical (unpaired) electrons. The van der Waals surface area contributed by atoms with Crippen molar-refractivity contribution >= 4 is 5.97 Å². The molecule has 94 valence electrons. The zero-order chi connectivity index (χ0) is 12.5. The molecule has 1 aromatic heterocycles. The first-order chi connectivity index (χ1) is 8.08. The van der Waals surface area contributed by atoms with Gasteiger partial charge in [0.15, 0.2) is 5.41 Å². The third kappa shape index (κ3) is 2.07. The predicted octanol–water partition coefficient (Wildman–Crippen LogP) is 1.05. The van der Waals surface area contributed by atoms with E-state index in [1.165, 1.54) is 7.11 Å². The minimum absolute atomic E-state index is 0.283. The van der Waals surface area contributed by atoms with Crippen molar-refractivity contribution in [2.24, 2.45) is 5.92 Å². The van der Waals surface area contributed by atoms with Crippen LogP contribution in [0.4, 0.5) is 0 Å². The van der Waals surface area contributed by atoms with Crippen LogP contribution in [0.1, 0.15) is 25.4 Å². The van der Waals surface area contributed by atoms with Crippen molar-refractivity contribution in [2.45, 2.75) is 25.7 Å². The Balaban J connectivity index is 2.20. The summed E-state index contributed by atoms with van der Waals surface area (Å²) in [7, 11) is 1.39.